The third-order valence-electron chi connectivity index (χ3n) is 3.82. The number of methoxy groups -OCH3 is 2. The van der Waals surface area contributed by atoms with Gasteiger partial charge in [0.05, 0.1) is 14.2 Å². The second-order valence-corrected chi connectivity index (χ2v) is 18.1. The van der Waals surface area contributed by atoms with Crippen LogP contribution in [-0.2, 0) is 28.5 Å². The minimum atomic E-state index is -1.08. The van der Waals surface area contributed by atoms with Crippen LogP contribution in [0.3, 0.4) is 0 Å². The van der Waals surface area contributed by atoms with Gasteiger partial charge in [-0.05, 0) is 53.3 Å². The van der Waals surface area contributed by atoms with Crippen molar-refractivity contribution >= 4 is 56.6 Å². The SMILES string of the molecule is COC(=O)[C@H](CS)NC(=O)OC(C)(C)C.COC(=O)[C@H](CSCC[Si](C)(C)C)NC(=O)OC(C)(C)C. The molecule has 0 spiro atoms. The quantitative estimate of drug-likeness (QED) is 0.117. The van der Waals surface area contributed by atoms with Crippen molar-refractivity contribution in [1.82, 2.24) is 10.6 Å². The van der Waals surface area contributed by atoms with E-state index in [9.17, 15) is 19.2 Å². The molecule has 0 unspecified atom stereocenters. The fraction of sp³-hybridized carbons (Fsp3) is 0.826. The van der Waals surface area contributed by atoms with E-state index in [0.29, 0.717) is 5.75 Å². The molecule has 13 heteroatoms. The van der Waals surface area contributed by atoms with Gasteiger partial charge >= 0.3 is 24.1 Å². The first-order chi connectivity index (χ1) is 16.2. The second-order valence-electron chi connectivity index (χ2n) is 11.0. The molecule has 212 valence electrons. The molecule has 0 saturated carbocycles. The highest BCUT2D eigenvalue weighted by atomic mass is 32.2. The molecule has 0 aliphatic rings. The number of thioether (sulfide) groups is 1. The summed E-state index contributed by atoms with van der Waals surface area (Å²) in [6.45, 7) is 17.5. The molecule has 0 aromatic rings. The first kappa shape index (κ1) is 36.6. The van der Waals surface area contributed by atoms with Crippen LogP contribution < -0.4 is 10.6 Å². The molecule has 0 aliphatic carbocycles. The van der Waals surface area contributed by atoms with Crippen LogP contribution in [0.5, 0.6) is 0 Å². The van der Waals surface area contributed by atoms with Gasteiger partial charge in [0.25, 0.3) is 0 Å². The number of nitrogens with one attached hydrogen (secondary N) is 2. The summed E-state index contributed by atoms with van der Waals surface area (Å²) in [5.74, 6) is 0.652. The van der Waals surface area contributed by atoms with E-state index in [2.05, 4.69) is 47.6 Å². The van der Waals surface area contributed by atoms with E-state index in [1.165, 1.54) is 20.3 Å². The van der Waals surface area contributed by atoms with Crippen molar-refractivity contribution in [1.29, 1.82) is 0 Å². The van der Waals surface area contributed by atoms with Gasteiger partial charge in [0.15, 0.2) is 0 Å². The Hall–Kier alpha value is -1.60. The van der Waals surface area contributed by atoms with E-state index in [1.54, 1.807) is 53.3 Å². The fourth-order valence-corrected chi connectivity index (χ4v) is 6.00. The number of ether oxygens (including phenoxy) is 4. The highest BCUT2D eigenvalue weighted by Gasteiger charge is 2.26. The maximum absolute atomic E-state index is 11.7. The first-order valence-corrected chi connectivity index (χ1v) is 17.1. The summed E-state index contributed by atoms with van der Waals surface area (Å²) in [5.41, 5.74) is -1.18. The van der Waals surface area contributed by atoms with Crippen LogP contribution in [-0.4, -0.2) is 87.0 Å². The van der Waals surface area contributed by atoms with Gasteiger partial charge in [-0.2, -0.15) is 24.4 Å². The molecule has 2 amide bonds. The predicted molar refractivity (Wildman–Crippen MR) is 150 cm³/mol. The lowest BCUT2D eigenvalue weighted by molar-refractivity contribution is -0.143. The Bertz CT molecular complexity index is 704. The normalized spacial score (nSPS) is 13.2. The van der Waals surface area contributed by atoms with E-state index in [-0.39, 0.29) is 5.75 Å². The van der Waals surface area contributed by atoms with E-state index in [4.69, 9.17) is 14.2 Å². The van der Waals surface area contributed by atoms with Crippen LogP contribution >= 0.6 is 24.4 Å². The molecule has 10 nitrogen and oxygen atoms in total. The smallest absolute Gasteiger partial charge is 0.408 e. The predicted octanol–water partition coefficient (Wildman–Crippen LogP) is 4.11. The van der Waals surface area contributed by atoms with Crippen molar-refractivity contribution in [3.63, 3.8) is 0 Å². The van der Waals surface area contributed by atoms with Crippen molar-refractivity contribution in [3.05, 3.63) is 0 Å². The van der Waals surface area contributed by atoms with Gasteiger partial charge in [0, 0.05) is 19.6 Å². The fourth-order valence-electron chi connectivity index (χ4n) is 2.11. The number of carbonyl (C=O) groups is 4. The van der Waals surface area contributed by atoms with Gasteiger partial charge in [-0.1, -0.05) is 19.6 Å². The number of alkyl carbamates (subject to hydrolysis) is 2. The molecule has 0 aromatic heterocycles. The Morgan fingerprint density at radius 3 is 1.53 bits per heavy atom. The van der Waals surface area contributed by atoms with Gasteiger partial charge in [0.2, 0.25) is 0 Å². The number of amides is 2. The number of hydrogen-bond acceptors (Lipinski definition) is 10. The number of esters is 2. The van der Waals surface area contributed by atoms with Crippen molar-refractivity contribution in [2.45, 2.75) is 90.5 Å². The Labute approximate surface area is 227 Å². The molecular weight excluding hydrogens is 524 g/mol. The minimum absolute atomic E-state index is 0.159. The van der Waals surface area contributed by atoms with Crippen molar-refractivity contribution in [2.75, 3.05) is 31.5 Å². The standard InChI is InChI=1S/C14H29NO4SSi.C9H17NO4S/c1-14(2,3)19-13(17)15-11(12(16)18-4)10-20-8-9-21(5,6)7;1-9(2,3)14-8(12)10-6(5-15)7(11)13-4/h11H,8-10H2,1-7H3,(H,15,17);6,15H,5H2,1-4H3,(H,10,12)/t11-;6-/m00/s1. The Morgan fingerprint density at radius 1 is 0.806 bits per heavy atom. The lowest BCUT2D eigenvalue weighted by atomic mass is 10.2. The maximum Gasteiger partial charge on any atom is 0.408 e. The van der Waals surface area contributed by atoms with Crippen LogP contribution in [0.4, 0.5) is 9.59 Å². The van der Waals surface area contributed by atoms with Crippen LogP contribution in [0.1, 0.15) is 41.5 Å². The zero-order chi connectivity index (χ0) is 28.7. The van der Waals surface area contributed by atoms with Crippen molar-refractivity contribution in [2.24, 2.45) is 0 Å². The van der Waals surface area contributed by atoms with Gasteiger partial charge < -0.3 is 29.6 Å². The largest absolute Gasteiger partial charge is 0.467 e. The Kier molecular flexibility index (Phi) is 17.3. The molecule has 0 radical (unpaired) electrons. The molecular formula is C23H46N2O8S2Si. The summed E-state index contributed by atoms with van der Waals surface area (Å²) in [6, 6.07) is -0.275. The molecule has 0 bridgehead atoms. The molecule has 0 fully saturated rings. The van der Waals surface area contributed by atoms with Gasteiger partial charge in [-0.3, -0.25) is 0 Å². The maximum atomic E-state index is 11.7. The van der Waals surface area contributed by atoms with E-state index >= 15 is 0 Å². The zero-order valence-corrected chi connectivity index (χ0v) is 26.3. The summed E-state index contributed by atoms with van der Waals surface area (Å²) < 4.78 is 19.3. The third-order valence-corrected chi connectivity index (χ3v) is 7.36. The van der Waals surface area contributed by atoms with E-state index in [0.717, 1.165) is 5.75 Å². The summed E-state index contributed by atoms with van der Waals surface area (Å²) in [5, 5.41) is 4.94. The summed E-state index contributed by atoms with van der Waals surface area (Å²) in [7, 11) is 1.49. The van der Waals surface area contributed by atoms with Crippen LogP contribution in [0, 0.1) is 0 Å². The Balaban J connectivity index is 0. The molecule has 0 saturated heterocycles. The number of hydrogen-bond donors (Lipinski definition) is 3. The topological polar surface area (TPSA) is 129 Å². The molecule has 0 aromatic carbocycles. The highest BCUT2D eigenvalue weighted by Crippen LogP contribution is 2.15. The lowest BCUT2D eigenvalue weighted by Crippen LogP contribution is -2.45. The molecule has 2 atom stereocenters. The van der Waals surface area contributed by atoms with Crippen molar-refractivity contribution in [3.8, 4) is 0 Å². The van der Waals surface area contributed by atoms with Crippen LogP contribution in [0.15, 0.2) is 0 Å². The summed E-state index contributed by atoms with van der Waals surface area (Å²) >= 11 is 5.58. The lowest BCUT2D eigenvalue weighted by Gasteiger charge is -2.22. The first-order valence-electron chi connectivity index (χ1n) is 11.6. The summed E-state index contributed by atoms with van der Waals surface area (Å²) in [6.07, 6.45) is -1.25. The molecule has 36 heavy (non-hydrogen) atoms. The van der Waals surface area contributed by atoms with Crippen LogP contribution in [0.25, 0.3) is 0 Å². The third kappa shape index (κ3) is 21.7. The molecule has 0 aliphatic heterocycles. The monoisotopic (exact) mass is 570 g/mol. The van der Waals surface area contributed by atoms with Crippen LogP contribution in [0.2, 0.25) is 25.7 Å². The van der Waals surface area contributed by atoms with Gasteiger partial charge in [-0.25, -0.2) is 19.2 Å². The average Bonchev–Trinajstić information content (AvgIpc) is 2.70. The van der Waals surface area contributed by atoms with Crippen molar-refractivity contribution < 1.29 is 38.1 Å². The van der Waals surface area contributed by atoms with Gasteiger partial charge in [0.1, 0.15) is 23.3 Å². The second kappa shape index (κ2) is 17.0. The number of thiol groups is 1. The number of carbonyl (C=O) groups excluding carboxylic acids is 4. The number of rotatable bonds is 10. The molecule has 0 rings (SSSR count). The zero-order valence-electron chi connectivity index (χ0n) is 23.6. The van der Waals surface area contributed by atoms with E-state index < -0.39 is 55.5 Å². The Morgan fingerprint density at radius 2 is 1.19 bits per heavy atom. The van der Waals surface area contributed by atoms with E-state index in [1.807, 2.05) is 0 Å². The van der Waals surface area contributed by atoms with Gasteiger partial charge in [-0.15, -0.1) is 0 Å². The summed E-state index contributed by atoms with van der Waals surface area (Å²) in [4.78, 5) is 45.8. The molecule has 0 heterocycles. The highest BCUT2D eigenvalue weighted by molar-refractivity contribution is 7.99. The average molecular weight is 571 g/mol. The molecule has 2 N–H and O–H groups in total. The minimum Gasteiger partial charge on any atom is -0.467 e.